The molecule has 16 rings (SSSR count). The molecule has 10 saturated carbocycles. The van der Waals surface area contributed by atoms with Crippen molar-refractivity contribution in [2.24, 2.45) is 47.3 Å². The topological polar surface area (TPSA) is 0 Å². The molecule has 0 N–H and O–H groups in total. The zero-order chi connectivity index (χ0) is 52.3. The average molecular weight is 1170 g/mol. The Balaban J connectivity index is 0.902. The fourth-order valence-electron chi connectivity index (χ4n) is 21.2. The third-order valence-corrected chi connectivity index (χ3v) is 74.1. The van der Waals surface area contributed by atoms with Crippen LogP contribution in [-0.4, -0.2) is 12.1 Å². The molecule has 0 aromatic heterocycles. The molecular formula is C70H86Cl2F3SiZr. The van der Waals surface area contributed by atoms with Crippen molar-refractivity contribution in [2.75, 3.05) is 0 Å². The minimum atomic E-state index is -5.79. The fraction of sp³-hybridized carbons (Fsp3) is 0.600. The zero-order valence-corrected chi connectivity index (χ0v) is 51.4. The molecule has 10 fully saturated rings. The molecule has 7 heteroatoms. The van der Waals surface area contributed by atoms with E-state index in [9.17, 15) is 30.2 Å². The quantitative estimate of drug-likeness (QED) is 0.0925. The van der Waals surface area contributed by atoms with Crippen molar-refractivity contribution in [3.63, 3.8) is 0 Å². The second-order valence-corrected chi connectivity index (χ2v) is 70.2. The molecular weight excluding hydrogens is 1090 g/mol. The minimum absolute atomic E-state index is 0.0871. The number of allylic oxidation sites excluding steroid dienone is 2. The van der Waals surface area contributed by atoms with Gasteiger partial charge in [0.2, 0.25) is 0 Å². The van der Waals surface area contributed by atoms with Crippen molar-refractivity contribution in [1.29, 1.82) is 0 Å². The van der Waals surface area contributed by atoms with Crippen LogP contribution < -0.4 is 0 Å². The molecule has 3 unspecified atom stereocenters. The maximum atomic E-state index is 14.9. The van der Waals surface area contributed by atoms with E-state index in [0.717, 1.165) is 48.3 Å². The molecule has 8 bridgehead atoms. The summed E-state index contributed by atoms with van der Waals surface area (Å²) in [6.45, 7) is 2.22. The summed E-state index contributed by atoms with van der Waals surface area (Å²) in [5, 5.41) is 0. The van der Waals surface area contributed by atoms with E-state index in [0.29, 0.717) is 22.7 Å². The van der Waals surface area contributed by atoms with E-state index in [4.69, 9.17) is 0 Å². The van der Waals surface area contributed by atoms with Gasteiger partial charge in [-0.25, -0.2) is 0 Å². The molecule has 0 heterocycles. The van der Waals surface area contributed by atoms with Gasteiger partial charge < -0.3 is 0 Å². The first-order valence-electron chi connectivity index (χ1n) is 31.7. The fourth-order valence-corrected chi connectivity index (χ4v) is 61.3. The maximum absolute atomic E-state index is 14.9. The standard InChI is InChI=1S/2C33H39.C4H8F3Si.2ClH.Zr/c2*1-2-4-7-23(6-3-1)14-24-18-29-8-5-9-31(32(29)19-24)28-10-12-30(13-11-28)33-20-25-15-26(21-33)17-27(16-25)22-33;1-8-3-2-4(5,6)7;;;/h2*5,8-13,18-19,23,25-27H,1-4,6-7,14-17,20-22H2;8H,2-3H2,1H3;2*1H;/q;;;;;+2/p-2. The third kappa shape index (κ3) is 9.54. The normalized spacial score (nSPS) is 33.7. The van der Waals surface area contributed by atoms with Crippen LogP contribution in [0.2, 0.25) is 12.6 Å². The Morgan fingerprint density at radius 2 is 0.844 bits per heavy atom. The molecule has 4 aromatic carbocycles. The SMILES string of the molecule is C[SiH](CCC(F)(F)F)[Zr]([Cl])([Cl])([CH]1C(CC2CCCCCC2)=Cc2c(-c3ccc(C45CC6CC(CC(C6)C4)C5)cc3)cccc21)[CH]1C(CC2CCCCCC2)=Cc2c(-c3ccc(C45CC6CC(CC(C6)C4)C5)cc3)cccc21. The Morgan fingerprint density at radius 1 is 0.494 bits per heavy atom. The molecule has 4 aromatic rings. The van der Waals surface area contributed by atoms with Crippen LogP contribution in [0.5, 0.6) is 0 Å². The van der Waals surface area contributed by atoms with E-state index in [1.807, 2.05) is 0 Å². The summed E-state index contributed by atoms with van der Waals surface area (Å²) in [5.74, 6) is 3.80. The van der Waals surface area contributed by atoms with Crippen molar-refractivity contribution in [3.05, 3.63) is 129 Å². The van der Waals surface area contributed by atoms with E-state index in [1.165, 1.54) is 210 Å². The van der Waals surface area contributed by atoms with Gasteiger partial charge in [-0.05, 0) is 0 Å². The van der Waals surface area contributed by atoms with Crippen LogP contribution in [0.15, 0.2) is 96.1 Å². The van der Waals surface area contributed by atoms with E-state index >= 15 is 0 Å². The molecule has 12 aliphatic carbocycles. The summed E-state index contributed by atoms with van der Waals surface area (Å²) in [7, 11) is 18.7. The molecule has 12 aliphatic rings. The summed E-state index contributed by atoms with van der Waals surface area (Å²) in [6, 6.07) is 33.5. The van der Waals surface area contributed by atoms with Crippen molar-refractivity contribution in [2.45, 2.75) is 210 Å². The third-order valence-electron chi connectivity index (χ3n) is 23.9. The van der Waals surface area contributed by atoms with Crippen LogP contribution in [0.3, 0.4) is 0 Å². The van der Waals surface area contributed by atoms with Gasteiger partial charge in [0.15, 0.2) is 0 Å². The number of rotatable bonds is 13. The Kier molecular flexibility index (Phi) is 14.0. The number of fused-ring (bicyclic) bond motifs is 2. The first-order valence-corrected chi connectivity index (χ1v) is 47.7. The zero-order valence-electron chi connectivity index (χ0n) is 46.3. The molecule has 0 radical (unpaired) electrons. The summed E-state index contributed by atoms with van der Waals surface area (Å²) in [5.41, 5.74) is 16.3. The van der Waals surface area contributed by atoms with E-state index in [1.54, 1.807) is 11.1 Å². The van der Waals surface area contributed by atoms with E-state index in [-0.39, 0.29) is 13.3 Å². The summed E-state index contributed by atoms with van der Waals surface area (Å²) in [4.78, 5) is 0. The van der Waals surface area contributed by atoms with Gasteiger partial charge in [0.1, 0.15) is 0 Å². The van der Waals surface area contributed by atoms with Crippen LogP contribution in [0.4, 0.5) is 13.2 Å². The molecule has 0 aliphatic heterocycles. The van der Waals surface area contributed by atoms with Gasteiger partial charge in [-0.3, -0.25) is 0 Å². The second kappa shape index (κ2) is 20.3. The first-order chi connectivity index (χ1) is 37.2. The van der Waals surface area contributed by atoms with Gasteiger partial charge in [0, 0.05) is 0 Å². The van der Waals surface area contributed by atoms with Gasteiger partial charge in [0.05, 0.1) is 0 Å². The molecule has 0 spiro atoms. The van der Waals surface area contributed by atoms with E-state index < -0.39 is 34.1 Å². The Morgan fingerprint density at radius 3 is 1.18 bits per heavy atom. The van der Waals surface area contributed by atoms with Crippen molar-refractivity contribution in [3.8, 4) is 22.3 Å². The van der Waals surface area contributed by atoms with Crippen LogP contribution in [0.1, 0.15) is 214 Å². The molecule has 0 nitrogen and oxygen atoms in total. The van der Waals surface area contributed by atoms with Crippen molar-refractivity contribution < 1.29 is 28.7 Å². The summed E-state index contributed by atoms with van der Waals surface area (Å²) >= 11 is -5.79. The summed E-state index contributed by atoms with van der Waals surface area (Å²) in [6.07, 6.45) is 33.4. The number of hydrogen-bond donors (Lipinski definition) is 0. The number of alkyl halides is 3. The van der Waals surface area contributed by atoms with Gasteiger partial charge in [-0.1, -0.05) is 0 Å². The van der Waals surface area contributed by atoms with Gasteiger partial charge >= 0.3 is 473 Å². The Labute approximate surface area is 469 Å². The summed E-state index contributed by atoms with van der Waals surface area (Å²) < 4.78 is 44.2. The van der Waals surface area contributed by atoms with Crippen LogP contribution in [0, 0.1) is 47.3 Å². The van der Waals surface area contributed by atoms with Crippen LogP contribution in [-0.2, 0) is 26.4 Å². The monoisotopic (exact) mass is 1170 g/mol. The van der Waals surface area contributed by atoms with Gasteiger partial charge in [0.25, 0.3) is 0 Å². The molecule has 3 atom stereocenters. The number of halogens is 5. The van der Waals surface area contributed by atoms with Gasteiger partial charge in [-0.15, -0.1) is 0 Å². The Hall–Kier alpha value is -2.17. The first kappa shape index (κ1) is 52.9. The second-order valence-electron chi connectivity index (χ2n) is 28.9. The predicted octanol–water partition coefficient (Wildman–Crippen LogP) is 21.6. The molecule has 409 valence electrons. The van der Waals surface area contributed by atoms with Crippen LogP contribution in [0.25, 0.3) is 34.4 Å². The molecule has 0 saturated heterocycles. The number of benzene rings is 4. The van der Waals surface area contributed by atoms with Gasteiger partial charge in [-0.2, -0.15) is 0 Å². The molecule has 77 heavy (non-hydrogen) atoms. The van der Waals surface area contributed by atoms with E-state index in [2.05, 4.69) is 104 Å². The van der Waals surface area contributed by atoms with Crippen LogP contribution >= 0.6 is 17.0 Å². The predicted molar refractivity (Wildman–Crippen MR) is 317 cm³/mol. The Bertz CT molecular complexity index is 2660. The van der Waals surface area contributed by atoms with Crippen molar-refractivity contribution in [1.82, 2.24) is 0 Å². The average Bonchev–Trinajstić information content (AvgIpc) is 3.80. The van der Waals surface area contributed by atoms with Crippen molar-refractivity contribution >= 4 is 35.1 Å². The molecule has 0 amide bonds. The number of hydrogen-bond acceptors (Lipinski definition) is 0.